The van der Waals surface area contributed by atoms with Gasteiger partial charge >= 0.3 is 0 Å². The van der Waals surface area contributed by atoms with Crippen LogP contribution in [0.2, 0.25) is 0 Å². The molecule has 0 spiro atoms. The molecule has 2 fully saturated rings. The van der Waals surface area contributed by atoms with Gasteiger partial charge in [0.05, 0.1) is 0 Å². The summed E-state index contributed by atoms with van der Waals surface area (Å²) in [6.45, 7) is 7.11. The Morgan fingerprint density at radius 1 is 1.04 bits per heavy atom. The smallest absolute Gasteiger partial charge is 0.119 e. The lowest BCUT2D eigenvalue weighted by Gasteiger charge is -2.61. The summed E-state index contributed by atoms with van der Waals surface area (Å²) in [7, 11) is 0. The monoisotopic (exact) mass is 369 g/mol. The molecule has 0 radical (unpaired) electrons. The highest BCUT2D eigenvalue weighted by atomic mass is 16.3. The maximum atomic E-state index is 10.5. The van der Waals surface area contributed by atoms with Crippen molar-refractivity contribution in [3.8, 4) is 5.75 Å². The highest BCUT2D eigenvalue weighted by Gasteiger charge is 2.63. The molecule has 27 heavy (non-hydrogen) atoms. The van der Waals surface area contributed by atoms with Gasteiger partial charge in [0.1, 0.15) is 5.75 Å². The topological polar surface area (TPSA) is 23.5 Å². The van der Waals surface area contributed by atoms with Crippen LogP contribution in [-0.4, -0.2) is 29.1 Å². The van der Waals surface area contributed by atoms with Gasteiger partial charge in [-0.05, 0) is 74.2 Å². The van der Waals surface area contributed by atoms with Gasteiger partial charge in [-0.2, -0.15) is 0 Å². The van der Waals surface area contributed by atoms with Gasteiger partial charge < -0.3 is 10.0 Å². The summed E-state index contributed by atoms with van der Waals surface area (Å²) in [6, 6.07) is 7.12. The Labute approximate surface area is 166 Å². The van der Waals surface area contributed by atoms with Gasteiger partial charge in [-0.3, -0.25) is 0 Å². The number of rotatable bonds is 7. The van der Waals surface area contributed by atoms with E-state index < -0.39 is 0 Å². The molecule has 1 saturated heterocycles. The molecule has 150 valence electrons. The van der Waals surface area contributed by atoms with Crippen molar-refractivity contribution in [3.63, 3.8) is 0 Å². The van der Waals surface area contributed by atoms with Crippen molar-refractivity contribution in [1.29, 1.82) is 0 Å². The highest BCUT2D eigenvalue weighted by molar-refractivity contribution is 5.49. The van der Waals surface area contributed by atoms with Crippen LogP contribution in [0.1, 0.15) is 95.6 Å². The molecule has 1 aromatic carbocycles. The lowest BCUT2D eigenvalue weighted by Crippen LogP contribution is -2.63. The van der Waals surface area contributed by atoms with E-state index in [0.717, 1.165) is 12.5 Å². The molecule has 2 heteroatoms. The molecule has 1 N–H and O–H groups in total. The summed E-state index contributed by atoms with van der Waals surface area (Å²) >= 11 is 0. The second kappa shape index (κ2) is 7.78. The fourth-order valence-corrected chi connectivity index (χ4v) is 7.37. The van der Waals surface area contributed by atoms with E-state index in [1.807, 2.05) is 6.07 Å². The summed E-state index contributed by atoms with van der Waals surface area (Å²) in [4.78, 5) is 2.83. The Hall–Kier alpha value is -1.02. The molecule has 1 saturated carbocycles. The van der Waals surface area contributed by atoms with Crippen LogP contribution in [0.4, 0.5) is 0 Å². The van der Waals surface area contributed by atoms with Crippen LogP contribution in [0.25, 0.3) is 0 Å². The van der Waals surface area contributed by atoms with Gasteiger partial charge in [-0.25, -0.2) is 0 Å². The quantitative estimate of drug-likeness (QED) is 0.578. The van der Waals surface area contributed by atoms with Crippen molar-refractivity contribution in [3.05, 3.63) is 29.3 Å². The highest BCUT2D eigenvalue weighted by Crippen LogP contribution is 2.67. The summed E-state index contributed by atoms with van der Waals surface area (Å²) in [6.07, 6.45) is 16.1. The molecule has 1 heterocycles. The van der Waals surface area contributed by atoms with E-state index in [0.29, 0.717) is 16.6 Å². The number of fused-ring (bicyclic) bond motifs is 1. The molecule has 0 aromatic heterocycles. The zero-order valence-electron chi connectivity index (χ0n) is 17.6. The van der Waals surface area contributed by atoms with Gasteiger partial charge in [0.25, 0.3) is 0 Å². The van der Waals surface area contributed by atoms with Gasteiger partial charge in [-0.15, -0.1) is 0 Å². The molecule has 2 aliphatic carbocycles. The maximum absolute atomic E-state index is 10.5. The van der Waals surface area contributed by atoms with E-state index >= 15 is 0 Å². The minimum atomic E-state index is 0.332. The Kier molecular flexibility index (Phi) is 5.56. The fraction of sp³-hybridized carbons (Fsp3) is 0.760. The van der Waals surface area contributed by atoms with Crippen molar-refractivity contribution in [2.45, 2.75) is 102 Å². The van der Waals surface area contributed by atoms with E-state index in [9.17, 15) is 5.11 Å². The van der Waals surface area contributed by atoms with E-state index in [2.05, 4.69) is 30.9 Å². The SMILES string of the molecule is CCCCCCCC1N(CC)CCC23CCCC12CCc1c(O)cccc13. The zero-order chi connectivity index (χ0) is 18.9. The van der Waals surface area contributed by atoms with Crippen LogP contribution < -0.4 is 0 Å². The fourth-order valence-electron chi connectivity index (χ4n) is 7.37. The van der Waals surface area contributed by atoms with Gasteiger partial charge in [-0.1, -0.05) is 64.5 Å². The number of aromatic hydroxyl groups is 1. The third-order valence-electron chi connectivity index (χ3n) is 8.56. The van der Waals surface area contributed by atoms with Crippen molar-refractivity contribution in [1.82, 2.24) is 4.90 Å². The number of phenolic OH excluding ortho intramolecular Hbond substituents is 1. The molecule has 3 atom stereocenters. The summed E-state index contributed by atoms with van der Waals surface area (Å²) < 4.78 is 0. The average Bonchev–Trinajstić information content (AvgIpc) is 3.09. The Morgan fingerprint density at radius 2 is 1.89 bits per heavy atom. The number of nitrogens with zero attached hydrogens (tertiary/aromatic N) is 1. The third kappa shape index (κ3) is 2.94. The second-order valence-corrected chi connectivity index (χ2v) is 9.49. The zero-order valence-corrected chi connectivity index (χ0v) is 17.6. The van der Waals surface area contributed by atoms with E-state index in [4.69, 9.17) is 0 Å². The number of piperidine rings is 1. The molecule has 3 unspecified atom stereocenters. The van der Waals surface area contributed by atoms with Crippen LogP contribution >= 0.6 is 0 Å². The lowest BCUT2D eigenvalue weighted by molar-refractivity contribution is -0.0549. The predicted molar refractivity (Wildman–Crippen MR) is 113 cm³/mol. The summed E-state index contributed by atoms with van der Waals surface area (Å²) in [5, 5.41) is 10.5. The van der Waals surface area contributed by atoms with E-state index in [1.54, 1.807) is 0 Å². The third-order valence-corrected chi connectivity index (χ3v) is 8.56. The number of benzene rings is 1. The minimum Gasteiger partial charge on any atom is -0.508 e. The van der Waals surface area contributed by atoms with Crippen LogP contribution in [0.15, 0.2) is 18.2 Å². The minimum absolute atomic E-state index is 0.332. The van der Waals surface area contributed by atoms with Crippen molar-refractivity contribution in [2.24, 2.45) is 5.41 Å². The first-order valence-electron chi connectivity index (χ1n) is 11.7. The number of phenols is 1. The van der Waals surface area contributed by atoms with Crippen LogP contribution in [0.5, 0.6) is 5.75 Å². The van der Waals surface area contributed by atoms with Crippen molar-refractivity contribution < 1.29 is 5.11 Å². The molecule has 3 aliphatic rings. The Balaban J connectivity index is 1.66. The number of hydrogen-bond donors (Lipinski definition) is 1. The first-order chi connectivity index (χ1) is 13.2. The predicted octanol–water partition coefficient (Wildman–Crippen LogP) is 6.20. The first kappa shape index (κ1) is 19.3. The second-order valence-electron chi connectivity index (χ2n) is 9.49. The molecule has 2 nitrogen and oxygen atoms in total. The number of unbranched alkanes of at least 4 members (excludes halogenated alkanes) is 4. The Bertz CT molecular complexity index is 656. The standard InChI is InChI=1S/C25H39NO/c1-3-5-6-7-8-13-23-25-16-10-15-24(25,18-19-26(23)4-2)21-11-9-12-22(27)20(21)14-17-25/h9,11-12,23,27H,3-8,10,13-19H2,1-2H3. The lowest BCUT2D eigenvalue weighted by atomic mass is 9.49. The van der Waals surface area contributed by atoms with Gasteiger partial charge in [0.2, 0.25) is 0 Å². The first-order valence-corrected chi connectivity index (χ1v) is 11.7. The molecular formula is C25H39NO. The number of likely N-dealkylation sites (tertiary alicyclic amines) is 1. The average molecular weight is 370 g/mol. The molecule has 0 amide bonds. The molecule has 1 aromatic rings. The van der Waals surface area contributed by atoms with E-state index in [1.165, 1.54) is 94.8 Å². The molecule has 1 aliphatic heterocycles. The van der Waals surface area contributed by atoms with Crippen LogP contribution in [0, 0.1) is 5.41 Å². The Morgan fingerprint density at radius 3 is 2.70 bits per heavy atom. The normalized spacial score (nSPS) is 32.7. The van der Waals surface area contributed by atoms with Gasteiger partial charge in [0.15, 0.2) is 0 Å². The number of hydrogen-bond acceptors (Lipinski definition) is 2. The summed E-state index contributed by atoms with van der Waals surface area (Å²) in [5.41, 5.74) is 3.59. The van der Waals surface area contributed by atoms with Crippen molar-refractivity contribution in [2.75, 3.05) is 13.1 Å². The molecular weight excluding hydrogens is 330 g/mol. The van der Waals surface area contributed by atoms with Crippen molar-refractivity contribution >= 4 is 0 Å². The largest absolute Gasteiger partial charge is 0.508 e. The van der Waals surface area contributed by atoms with Crippen LogP contribution in [-0.2, 0) is 11.8 Å². The van der Waals surface area contributed by atoms with E-state index in [-0.39, 0.29) is 0 Å². The van der Waals surface area contributed by atoms with Gasteiger partial charge in [0, 0.05) is 11.5 Å². The summed E-state index contributed by atoms with van der Waals surface area (Å²) in [5.74, 6) is 0.552. The maximum Gasteiger partial charge on any atom is 0.119 e. The van der Waals surface area contributed by atoms with Crippen LogP contribution in [0.3, 0.4) is 0 Å². The molecule has 0 bridgehead atoms. The molecule has 4 rings (SSSR count).